The lowest BCUT2D eigenvalue weighted by Crippen LogP contribution is -2.14. The first-order valence-electron chi connectivity index (χ1n) is 8.14. The molecule has 0 saturated heterocycles. The van der Waals surface area contributed by atoms with Gasteiger partial charge in [0, 0.05) is 11.8 Å². The van der Waals surface area contributed by atoms with Crippen LogP contribution in [0.2, 0.25) is 0 Å². The molecule has 2 aromatic carbocycles. The molecule has 0 bridgehead atoms. The van der Waals surface area contributed by atoms with Crippen LogP contribution < -0.4 is 4.72 Å². The van der Waals surface area contributed by atoms with Gasteiger partial charge in [-0.3, -0.25) is 4.72 Å². The van der Waals surface area contributed by atoms with Gasteiger partial charge in [0.05, 0.1) is 9.79 Å². The highest BCUT2D eigenvalue weighted by atomic mass is 32.2. The summed E-state index contributed by atoms with van der Waals surface area (Å²) in [6.45, 7) is 3.39. The smallest absolute Gasteiger partial charge is 0.263 e. The van der Waals surface area contributed by atoms with Crippen LogP contribution in [0.5, 0.6) is 0 Å². The Kier molecular flexibility index (Phi) is 5.34. The monoisotopic (exact) mass is 417 g/mol. The average molecular weight is 417 g/mol. The molecule has 0 unspecified atom stereocenters. The van der Waals surface area contributed by atoms with E-state index in [-0.39, 0.29) is 21.3 Å². The van der Waals surface area contributed by atoms with Crippen molar-refractivity contribution in [3.63, 3.8) is 0 Å². The first-order chi connectivity index (χ1) is 13.2. The molecule has 10 heteroatoms. The maximum Gasteiger partial charge on any atom is 0.263 e. The van der Waals surface area contributed by atoms with Gasteiger partial charge in [0.2, 0.25) is 0 Å². The number of rotatable bonds is 6. The molecule has 8 nitrogen and oxygen atoms in total. The molecular formula is C18H17N4O4S2-. The molecule has 1 aromatic heterocycles. The zero-order valence-corrected chi connectivity index (χ0v) is 16.7. The van der Waals surface area contributed by atoms with Crippen molar-refractivity contribution in [1.82, 2.24) is 9.97 Å². The fraction of sp³-hybridized carbons (Fsp3) is 0.111. The molecule has 0 aliphatic carbocycles. The van der Waals surface area contributed by atoms with Gasteiger partial charge < -0.3 is 4.72 Å². The van der Waals surface area contributed by atoms with Crippen molar-refractivity contribution in [3.8, 4) is 0 Å². The second kappa shape index (κ2) is 7.56. The molecule has 1 heterocycles. The van der Waals surface area contributed by atoms with E-state index in [0.29, 0.717) is 11.5 Å². The molecule has 0 spiro atoms. The molecule has 0 amide bonds. The molecule has 28 heavy (non-hydrogen) atoms. The lowest BCUT2D eigenvalue weighted by atomic mass is 10.3. The highest BCUT2D eigenvalue weighted by molar-refractivity contribution is 7.94. The zero-order chi connectivity index (χ0) is 20.4. The summed E-state index contributed by atoms with van der Waals surface area (Å²) in [6.07, 6.45) is 0. The van der Waals surface area contributed by atoms with Crippen LogP contribution in [0.4, 0.5) is 11.5 Å². The van der Waals surface area contributed by atoms with Gasteiger partial charge in [-0.15, -0.1) is 5.69 Å². The Hall–Kier alpha value is -2.98. The predicted octanol–water partition coefficient (Wildman–Crippen LogP) is 3.29. The minimum Gasteiger partial charge on any atom is -0.573 e. The van der Waals surface area contributed by atoms with Crippen LogP contribution >= 0.6 is 0 Å². The van der Waals surface area contributed by atoms with Crippen molar-refractivity contribution < 1.29 is 16.8 Å². The summed E-state index contributed by atoms with van der Waals surface area (Å²) in [5.41, 5.74) is 0.752. The van der Waals surface area contributed by atoms with Crippen LogP contribution in [-0.4, -0.2) is 26.8 Å². The summed E-state index contributed by atoms with van der Waals surface area (Å²) in [5, 5.41) is 0. The van der Waals surface area contributed by atoms with E-state index in [4.69, 9.17) is 0 Å². The van der Waals surface area contributed by atoms with E-state index in [2.05, 4.69) is 19.4 Å². The van der Waals surface area contributed by atoms with Gasteiger partial charge in [-0.2, -0.15) is 0 Å². The Labute approximate surface area is 163 Å². The topological polar surface area (TPSA) is 120 Å². The van der Waals surface area contributed by atoms with Crippen molar-refractivity contribution >= 4 is 31.6 Å². The Morgan fingerprint density at radius 1 is 0.821 bits per heavy atom. The van der Waals surface area contributed by atoms with Gasteiger partial charge in [0.15, 0.2) is 0 Å². The third kappa shape index (κ3) is 4.65. The first-order valence-corrected chi connectivity index (χ1v) is 11.1. The number of sulfonamides is 2. The van der Waals surface area contributed by atoms with E-state index in [1.807, 2.05) is 0 Å². The number of aryl methyl sites for hydroxylation is 2. The van der Waals surface area contributed by atoms with Gasteiger partial charge in [-0.25, -0.2) is 26.8 Å². The number of aromatic nitrogens is 2. The summed E-state index contributed by atoms with van der Waals surface area (Å²) in [7, 11) is -7.77. The van der Waals surface area contributed by atoms with Crippen molar-refractivity contribution in [2.45, 2.75) is 23.6 Å². The van der Waals surface area contributed by atoms with Crippen LogP contribution in [0, 0.1) is 13.8 Å². The molecule has 146 valence electrons. The molecule has 1 N–H and O–H groups in total. The number of anilines is 1. The summed E-state index contributed by atoms with van der Waals surface area (Å²) in [5.74, 6) is 0.600. The van der Waals surface area contributed by atoms with Crippen LogP contribution in [-0.2, 0) is 20.0 Å². The standard InChI is InChI=1S/C18H17N4O4S2/c1-13-12-18(20-14(2)19-13)22-28(25,26)17-10-8-15(9-11-17)21-27(23,24)16-6-4-3-5-7-16/h3-12H,1-2H3,(H,19,20,22)/q-1. The molecule has 0 aliphatic rings. The van der Waals surface area contributed by atoms with E-state index in [1.54, 1.807) is 32.0 Å². The predicted molar refractivity (Wildman–Crippen MR) is 105 cm³/mol. The number of hydrogen-bond donors (Lipinski definition) is 1. The second-order valence-electron chi connectivity index (χ2n) is 5.92. The van der Waals surface area contributed by atoms with Gasteiger partial charge >= 0.3 is 0 Å². The summed E-state index contributed by atoms with van der Waals surface area (Å²) < 4.78 is 55.7. The Balaban J connectivity index is 1.80. The van der Waals surface area contributed by atoms with E-state index < -0.39 is 20.0 Å². The van der Waals surface area contributed by atoms with Crippen molar-refractivity contribution in [2.75, 3.05) is 4.72 Å². The van der Waals surface area contributed by atoms with Gasteiger partial charge in [-0.05, 0) is 38.1 Å². The summed E-state index contributed by atoms with van der Waals surface area (Å²) in [4.78, 5) is 8.15. The summed E-state index contributed by atoms with van der Waals surface area (Å²) >= 11 is 0. The molecule has 3 aromatic rings. The van der Waals surface area contributed by atoms with Gasteiger partial charge in [0.25, 0.3) is 10.0 Å². The van der Waals surface area contributed by atoms with Crippen LogP contribution in [0.3, 0.4) is 0 Å². The van der Waals surface area contributed by atoms with E-state index >= 15 is 0 Å². The van der Waals surface area contributed by atoms with Gasteiger partial charge in [0.1, 0.15) is 21.7 Å². The van der Waals surface area contributed by atoms with E-state index in [0.717, 1.165) is 0 Å². The van der Waals surface area contributed by atoms with Crippen LogP contribution in [0.1, 0.15) is 11.5 Å². The number of hydrogen-bond acceptors (Lipinski definition) is 6. The number of nitrogens with one attached hydrogen (secondary N) is 1. The van der Waals surface area contributed by atoms with Crippen molar-refractivity contribution in [3.05, 3.63) is 76.9 Å². The quantitative estimate of drug-likeness (QED) is 0.657. The molecule has 0 radical (unpaired) electrons. The Morgan fingerprint density at radius 2 is 1.46 bits per heavy atom. The molecule has 0 fully saturated rings. The number of nitrogens with zero attached hydrogens (tertiary/aromatic N) is 3. The maximum atomic E-state index is 12.5. The average Bonchev–Trinajstić information content (AvgIpc) is 2.61. The highest BCUT2D eigenvalue weighted by Crippen LogP contribution is 2.28. The minimum atomic E-state index is -3.89. The normalized spacial score (nSPS) is 11.8. The fourth-order valence-corrected chi connectivity index (χ4v) is 4.43. The van der Waals surface area contributed by atoms with Crippen molar-refractivity contribution in [2.24, 2.45) is 0 Å². The largest absolute Gasteiger partial charge is 0.573 e. The highest BCUT2D eigenvalue weighted by Gasteiger charge is 2.15. The SMILES string of the molecule is Cc1cc(NS(=O)(=O)c2ccc([N-]S(=O)(=O)c3ccccc3)cc2)nc(C)n1. The molecule has 3 rings (SSSR count). The molecule has 0 atom stereocenters. The van der Waals surface area contributed by atoms with Crippen LogP contribution in [0.15, 0.2) is 70.5 Å². The third-order valence-electron chi connectivity index (χ3n) is 3.62. The number of benzene rings is 2. The lowest BCUT2D eigenvalue weighted by molar-refractivity contribution is 0.600. The summed E-state index contributed by atoms with van der Waals surface area (Å²) in [6, 6.07) is 14.5. The van der Waals surface area contributed by atoms with Crippen LogP contribution in [0.25, 0.3) is 4.72 Å². The minimum absolute atomic E-state index is 0.0440. The van der Waals surface area contributed by atoms with Crippen molar-refractivity contribution in [1.29, 1.82) is 0 Å². The lowest BCUT2D eigenvalue weighted by Gasteiger charge is -2.22. The maximum absolute atomic E-state index is 12.5. The molecular weight excluding hydrogens is 400 g/mol. The fourth-order valence-electron chi connectivity index (χ4n) is 2.44. The van der Waals surface area contributed by atoms with E-state index in [9.17, 15) is 16.8 Å². The molecule has 0 aliphatic heterocycles. The third-order valence-corrected chi connectivity index (χ3v) is 6.31. The molecule has 0 saturated carbocycles. The van der Waals surface area contributed by atoms with E-state index in [1.165, 1.54) is 42.5 Å². The Morgan fingerprint density at radius 3 is 2.07 bits per heavy atom. The second-order valence-corrected chi connectivity index (χ2v) is 9.21. The zero-order valence-electron chi connectivity index (χ0n) is 15.1. The first kappa shape index (κ1) is 19.8. The Bertz CT molecular complexity index is 1170. The van der Waals surface area contributed by atoms with Gasteiger partial charge in [-0.1, -0.05) is 30.3 Å².